The quantitative estimate of drug-likeness (QED) is 0.895. The molecule has 0 aliphatic heterocycles. The number of hydrogen-bond donors (Lipinski definition) is 2. The number of nitrogens with one attached hydrogen (secondary N) is 1. The van der Waals surface area contributed by atoms with E-state index in [2.05, 4.69) is 21.2 Å². The molecule has 0 aliphatic rings. The molecule has 1 rings (SSSR count). The molecule has 2 N–H and O–H groups in total. The maximum Gasteiger partial charge on any atom is 0.107 e. The maximum atomic E-state index is 9.93. The van der Waals surface area contributed by atoms with Crippen LogP contribution in [0.2, 0.25) is 4.34 Å². The van der Waals surface area contributed by atoms with Crippen LogP contribution < -0.4 is 5.32 Å². The highest BCUT2D eigenvalue weighted by Gasteiger charge is 2.18. The Morgan fingerprint density at radius 3 is 2.79 bits per heavy atom. The average Bonchev–Trinajstić information content (AvgIpc) is 2.46. The van der Waals surface area contributed by atoms with Gasteiger partial charge in [-0.1, -0.05) is 18.5 Å². The molecule has 0 fully saturated rings. The molecule has 5 heteroatoms. The standard InChI is InChI=1S/C9H13BrClNOS/c1-3-12-5(2)8(13)7-4-6(10)9(11)14-7/h4-5,8,12-13H,3H2,1-2H3. The van der Waals surface area contributed by atoms with Crippen LogP contribution in [0.1, 0.15) is 24.8 Å². The number of halogens is 2. The van der Waals surface area contributed by atoms with Crippen molar-refractivity contribution >= 4 is 38.9 Å². The lowest BCUT2D eigenvalue weighted by Gasteiger charge is -2.17. The predicted molar refractivity (Wildman–Crippen MR) is 65.1 cm³/mol. The second kappa shape index (κ2) is 5.47. The molecule has 0 aromatic carbocycles. The molecule has 14 heavy (non-hydrogen) atoms. The summed E-state index contributed by atoms with van der Waals surface area (Å²) >= 11 is 10.6. The second-order valence-corrected chi connectivity index (χ2v) is 5.60. The zero-order valence-electron chi connectivity index (χ0n) is 8.05. The van der Waals surface area contributed by atoms with Crippen molar-refractivity contribution < 1.29 is 5.11 Å². The van der Waals surface area contributed by atoms with Gasteiger partial charge in [-0.25, -0.2) is 0 Å². The highest BCUT2D eigenvalue weighted by atomic mass is 79.9. The van der Waals surface area contributed by atoms with E-state index in [-0.39, 0.29) is 6.04 Å². The average molecular weight is 299 g/mol. The van der Waals surface area contributed by atoms with Gasteiger partial charge in [-0.3, -0.25) is 0 Å². The summed E-state index contributed by atoms with van der Waals surface area (Å²) in [6.07, 6.45) is -0.497. The van der Waals surface area contributed by atoms with E-state index in [9.17, 15) is 5.11 Å². The lowest BCUT2D eigenvalue weighted by molar-refractivity contribution is 0.140. The highest BCUT2D eigenvalue weighted by molar-refractivity contribution is 9.10. The second-order valence-electron chi connectivity index (χ2n) is 3.06. The van der Waals surface area contributed by atoms with Crippen molar-refractivity contribution in [1.82, 2.24) is 5.32 Å². The summed E-state index contributed by atoms with van der Waals surface area (Å²) in [5.41, 5.74) is 0. The largest absolute Gasteiger partial charge is 0.386 e. The molecule has 1 heterocycles. The molecule has 0 bridgehead atoms. The van der Waals surface area contributed by atoms with Crippen molar-refractivity contribution in [2.24, 2.45) is 0 Å². The molecule has 1 aromatic heterocycles. The van der Waals surface area contributed by atoms with Crippen molar-refractivity contribution in [3.63, 3.8) is 0 Å². The molecular weight excluding hydrogens is 286 g/mol. The van der Waals surface area contributed by atoms with E-state index in [0.717, 1.165) is 15.9 Å². The van der Waals surface area contributed by atoms with Crippen LogP contribution in [0, 0.1) is 0 Å². The molecule has 2 unspecified atom stereocenters. The molecule has 0 saturated heterocycles. The van der Waals surface area contributed by atoms with E-state index in [1.54, 1.807) is 0 Å². The van der Waals surface area contributed by atoms with E-state index in [0.29, 0.717) is 4.34 Å². The first kappa shape index (κ1) is 12.5. The summed E-state index contributed by atoms with van der Waals surface area (Å²) < 4.78 is 1.53. The lowest BCUT2D eigenvalue weighted by Crippen LogP contribution is -2.31. The Kier molecular flexibility index (Phi) is 4.87. The van der Waals surface area contributed by atoms with E-state index >= 15 is 0 Å². The van der Waals surface area contributed by atoms with Crippen LogP contribution in [0.5, 0.6) is 0 Å². The Hall–Kier alpha value is 0.390. The number of hydrogen-bond acceptors (Lipinski definition) is 3. The first-order chi connectivity index (χ1) is 6.56. The van der Waals surface area contributed by atoms with Gasteiger partial charge in [0, 0.05) is 15.4 Å². The minimum atomic E-state index is -0.497. The summed E-state index contributed by atoms with van der Waals surface area (Å²) in [7, 11) is 0. The molecule has 0 saturated carbocycles. The van der Waals surface area contributed by atoms with Crippen molar-refractivity contribution in [3.05, 3.63) is 19.8 Å². The summed E-state index contributed by atoms with van der Waals surface area (Å²) in [5, 5.41) is 13.1. The molecule has 1 aromatic rings. The fourth-order valence-electron chi connectivity index (χ4n) is 1.19. The van der Waals surface area contributed by atoms with Crippen molar-refractivity contribution in [2.75, 3.05) is 6.54 Å². The minimum Gasteiger partial charge on any atom is -0.386 e. The lowest BCUT2D eigenvalue weighted by atomic mass is 10.1. The highest BCUT2D eigenvalue weighted by Crippen LogP contribution is 2.35. The zero-order valence-corrected chi connectivity index (χ0v) is 11.2. The normalized spacial score (nSPS) is 15.5. The number of thiophene rings is 1. The Balaban J connectivity index is 2.73. The number of aliphatic hydroxyl groups excluding tert-OH is 1. The van der Waals surface area contributed by atoms with Crippen molar-refractivity contribution in [3.8, 4) is 0 Å². The summed E-state index contributed by atoms with van der Waals surface area (Å²) in [5.74, 6) is 0. The van der Waals surface area contributed by atoms with Crippen LogP contribution in [0.4, 0.5) is 0 Å². The third-order valence-electron chi connectivity index (χ3n) is 1.96. The monoisotopic (exact) mass is 297 g/mol. The SMILES string of the molecule is CCNC(C)C(O)c1cc(Br)c(Cl)s1. The molecule has 2 atom stereocenters. The van der Waals surface area contributed by atoms with Crippen LogP contribution >= 0.6 is 38.9 Å². The molecule has 0 amide bonds. The Labute approximate surface area is 101 Å². The van der Waals surface area contributed by atoms with Gasteiger partial charge in [0.05, 0.1) is 0 Å². The number of aliphatic hydroxyl groups is 1. The third-order valence-corrected chi connectivity index (χ3v) is 4.50. The van der Waals surface area contributed by atoms with Crippen molar-refractivity contribution in [2.45, 2.75) is 26.0 Å². The fourth-order valence-corrected chi connectivity index (χ4v) is 3.02. The summed E-state index contributed by atoms with van der Waals surface area (Å²) in [6.45, 7) is 4.81. The van der Waals surface area contributed by atoms with Gasteiger partial charge in [-0.15, -0.1) is 11.3 Å². The van der Waals surface area contributed by atoms with Crippen LogP contribution in [0.3, 0.4) is 0 Å². The van der Waals surface area contributed by atoms with Gasteiger partial charge < -0.3 is 10.4 Å². The van der Waals surface area contributed by atoms with E-state index in [4.69, 9.17) is 11.6 Å². The summed E-state index contributed by atoms with van der Waals surface area (Å²) in [6, 6.07) is 1.91. The van der Waals surface area contributed by atoms with Crippen LogP contribution in [-0.4, -0.2) is 17.7 Å². The number of rotatable bonds is 4. The topological polar surface area (TPSA) is 32.3 Å². The molecule has 0 radical (unpaired) electrons. The molecule has 80 valence electrons. The van der Waals surface area contributed by atoms with Gasteiger partial charge in [0.15, 0.2) is 0 Å². The third kappa shape index (κ3) is 2.94. The van der Waals surface area contributed by atoms with Gasteiger partial charge >= 0.3 is 0 Å². The van der Waals surface area contributed by atoms with Gasteiger partial charge in [0.1, 0.15) is 10.4 Å². The fraction of sp³-hybridized carbons (Fsp3) is 0.556. The van der Waals surface area contributed by atoms with Crippen LogP contribution in [0.25, 0.3) is 0 Å². The Morgan fingerprint density at radius 2 is 2.36 bits per heavy atom. The van der Waals surface area contributed by atoms with E-state index in [1.165, 1.54) is 11.3 Å². The van der Waals surface area contributed by atoms with Crippen molar-refractivity contribution in [1.29, 1.82) is 0 Å². The van der Waals surface area contributed by atoms with E-state index < -0.39 is 6.10 Å². The molecular formula is C9H13BrClNOS. The predicted octanol–water partition coefficient (Wildman–Crippen LogP) is 3.20. The Morgan fingerprint density at radius 1 is 1.71 bits per heavy atom. The maximum absolute atomic E-state index is 9.93. The van der Waals surface area contributed by atoms with Gasteiger partial charge in [0.25, 0.3) is 0 Å². The Bertz CT molecular complexity index is 286. The zero-order chi connectivity index (χ0) is 10.7. The van der Waals surface area contributed by atoms with Gasteiger partial charge in [-0.05, 0) is 35.5 Å². The smallest absolute Gasteiger partial charge is 0.107 e. The van der Waals surface area contributed by atoms with Gasteiger partial charge in [-0.2, -0.15) is 0 Å². The summed E-state index contributed by atoms with van der Waals surface area (Å²) in [4.78, 5) is 0.885. The molecule has 2 nitrogen and oxygen atoms in total. The number of likely N-dealkylation sites (N-methyl/N-ethyl adjacent to an activating group) is 1. The molecule has 0 aliphatic carbocycles. The van der Waals surface area contributed by atoms with Crippen LogP contribution in [0.15, 0.2) is 10.5 Å². The van der Waals surface area contributed by atoms with Crippen LogP contribution in [-0.2, 0) is 0 Å². The van der Waals surface area contributed by atoms with E-state index in [1.807, 2.05) is 19.9 Å². The molecule has 0 spiro atoms. The first-order valence-corrected chi connectivity index (χ1v) is 6.41. The first-order valence-electron chi connectivity index (χ1n) is 4.42. The minimum absolute atomic E-state index is 0.0432. The van der Waals surface area contributed by atoms with Gasteiger partial charge in [0.2, 0.25) is 0 Å².